The number of allylic oxidation sites excluding steroid dienone is 1. The summed E-state index contributed by atoms with van der Waals surface area (Å²) in [4.78, 5) is 8.48. The van der Waals surface area contributed by atoms with Crippen LogP contribution in [0.3, 0.4) is 0 Å². The lowest BCUT2D eigenvalue weighted by Crippen LogP contribution is -2.14. The summed E-state index contributed by atoms with van der Waals surface area (Å²) in [6.45, 7) is 5.43. The lowest BCUT2D eigenvalue weighted by atomic mass is 10.1. The van der Waals surface area contributed by atoms with Gasteiger partial charge in [-0.25, -0.2) is 18.4 Å². The van der Waals surface area contributed by atoms with Crippen molar-refractivity contribution in [3.05, 3.63) is 57.8 Å². The fraction of sp³-hybridized carbons (Fsp3) is 0.250. The molecule has 1 aromatic carbocycles. The quantitative estimate of drug-likeness (QED) is 0.893. The zero-order valence-electron chi connectivity index (χ0n) is 13.5. The Labute approximate surface area is 141 Å². The van der Waals surface area contributed by atoms with E-state index in [0.29, 0.717) is 17.1 Å². The standard InChI is InChI=1S/C16H19N3O2S2/c1-11(15-10-17-13(3)18-12(15)2)16(22-4)23(20,21)19-14-8-6-5-7-9-14/h5-10,19H,1-4H3/b16-11+. The van der Waals surface area contributed by atoms with Gasteiger partial charge in [-0.05, 0) is 44.7 Å². The lowest BCUT2D eigenvalue weighted by molar-refractivity contribution is 0.609. The van der Waals surface area contributed by atoms with E-state index in [1.54, 1.807) is 50.6 Å². The third-order valence-corrected chi connectivity index (χ3v) is 6.40. The summed E-state index contributed by atoms with van der Waals surface area (Å²) in [5.74, 6) is 0.662. The zero-order chi connectivity index (χ0) is 17.0. The fourth-order valence-corrected chi connectivity index (χ4v) is 4.70. The van der Waals surface area contributed by atoms with E-state index in [0.717, 1.165) is 11.3 Å². The number of hydrogen-bond acceptors (Lipinski definition) is 5. The normalized spacial score (nSPS) is 12.7. The molecule has 0 unspecified atom stereocenters. The molecule has 1 aromatic heterocycles. The van der Waals surface area contributed by atoms with Crippen molar-refractivity contribution in [2.75, 3.05) is 11.0 Å². The average Bonchev–Trinajstić information content (AvgIpc) is 2.47. The van der Waals surface area contributed by atoms with Crippen LogP contribution in [0.25, 0.3) is 5.57 Å². The van der Waals surface area contributed by atoms with Crippen molar-refractivity contribution in [1.29, 1.82) is 0 Å². The minimum absolute atomic E-state index is 0.261. The maximum Gasteiger partial charge on any atom is 0.268 e. The van der Waals surface area contributed by atoms with E-state index >= 15 is 0 Å². The second-order valence-corrected chi connectivity index (χ2v) is 7.70. The van der Waals surface area contributed by atoms with Gasteiger partial charge in [0.15, 0.2) is 0 Å². The summed E-state index contributed by atoms with van der Waals surface area (Å²) in [5.41, 5.74) is 2.66. The van der Waals surface area contributed by atoms with Crippen LogP contribution in [0, 0.1) is 13.8 Å². The van der Waals surface area contributed by atoms with Crippen molar-refractivity contribution in [1.82, 2.24) is 9.97 Å². The van der Waals surface area contributed by atoms with Crippen LogP contribution in [0.2, 0.25) is 0 Å². The maximum absolute atomic E-state index is 12.7. The minimum atomic E-state index is -3.66. The molecule has 1 N–H and O–H groups in total. The Hall–Kier alpha value is -1.86. The molecule has 0 aliphatic heterocycles. The Balaban J connectivity index is 2.47. The zero-order valence-corrected chi connectivity index (χ0v) is 15.1. The van der Waals surface area contributed by atoms with Crippen LogP contribution in [0.15, 0.2) is 40.8 Å². The topological polar surface area (TPSA) is 72.0 Å². The van der Waals surface area contributed by atoms with Gasteiger partial charge in [-0.2, -0.15) is 0 Å². The van der Waals surface area contributed by atoms with Gasteiger partial charge in [0, 0.05) is 23.1 Å². The number of benzene rings is 1. The van der Waals surface area contributed by atoms with Crippen LogP contribution in [-0.2, 0) is 10.0 Å². The van der Waals surface area contributed by atoms with E-state index < -0.39 is 10.0 Å². The van der Waals surface area contributed by atoms with Crippen LogP contribution in [0.5, 0.6) is 0 Å². The van der Waals surface area contributed by atoms with Gasteiger partial charge in [-0.3, -0.25) is 4.72 Å². The van der Waals surface area contributed by atoms with Gasteiger partial charge in [-0.15, -0.1) is 11.8 Å². The lowest BCUT2D eigenvalue weighted by Gasteiger charge is -2.14. The van der Waals surface area contributed by atoms with Crippen molar-refractivity contribution in [3.8, 4) is 0 Å². The van der Waals surface area contributed by atoms with Gasteiger partial charge in [-0.1, -0.05) is 18.2 Å². The minimum Gasteiger partial charge on any atom is -0.279 e. The molecule has 122 valence electrons. The van der Waals surface area contributed by atoms with Crippen LogP contribution >= 0.6 is 11.8 Å². The smallest absolute Gasteiger partial charge is 0.268 e. The summed E-state index contributed by atoms with van der Waals surface area (Å²) in [6.07, 6.45) is 3.41. The number of thioether (sulfide) groups is 1. The first-order valence-corrected chi connectivity index (χ1v) is 9.69. The van der Waals surface area contributed by atoms with Gasteiger partial charge in [0.2, 0.25) is 0 Å². The van der Waals surface area contributed by atoms with Crippen LogP contribution < -0.4 is 4.72 Å². The van der Waals surface area contributed by atoms with Crippen molar-refractivity contribution < 1.29 is 8.42 Å². The van der Waals surface area contributed by atoms with Crippen LogP contribution in [0.1, 0.15) is 24.0 Å². The number of rotatable bonds is 5. The van der Waals surface area contributed by atoms with Crippen molar-refractivity contribution in [3.63, 3.8) is 0 Å². The molecule has 0 atom stereocenters. The molecule has 7 heteroatoms. The first-order chi connectivity index (χ1) is 10.8. The SMILES string of the molecule is CS/C(=C(/C)c1cnc(C)nc1C)S(=O)(=O)Nc1ccccc1. The maximum atomic E-state index is 12.7. The molecule has 0 amide bonds. The molecule has 2 rings (SSSR count). The largest absolute Gasteiger partial charge is 0.279 e. The van der Waals surface area contributed by atoms with E-state index in [1.807, 2.05) is 13.0 Å². The molecule has 2 aromatic rings. The molecule has 23 heavy (non-hydrogen) atoms. The van der Waals surface area contributed by atoms with Gasteiger partial charge in [0.25, 0.3) is 10.0 Å². The summed E-state index contributed by atoms with van der Waals surface area (Å²) in [6, 6.07) is 8.83. The predicted octanol–water partition coefficient (Wildman–Crippen LogP) is 3.59. The van der Waals surface area contributed by atoms with Gasteiger partial charge >= 0.3 is 0 Å². The molecular formula is C16H19N3O2S2. The van der Waals surface area contributed by atoms with E-state index in [9.17, 15) is 8.42 Å². The highest BCUT2D eigenvalue weighted by Gasteiger charge is 2.21. The van der Waals surface area contributed by atoms with E-state index in [4.69, 9.17) is 0 Å². The van der Waals surface area contributed by atoms with Crippen molar-refractivity contribution in [2.45, 2.75) is 20.8 Å². The van der Waals surface area contributed by atoms with Crippen LogP contribution in [0.4, 0.5) is 5.69 Å². The molecule has 0 saturated carbocycles. The number of nitrogens with zero attached hydrogens (tertiary/aromatic N) is 2. The second-order valence-electron chi connectivity index (χ2n) is 5.00. The number of sulfonamides is 1. The summed E-state index contributed by atoms with van der Waals surface area (Å²) >= 11 is 1.19. The number of anilines is 1. The Morgan fingerprint density at radius 3 is 2.39 bits per heavy atom. The van der Waals surface area contributed by atoms with Crippen molar-refractivity contribution in [2.24, 2.45) is 0 Å². The van der Waals surface area contributed by atoms with Crippen LogP contribution in [-0.4, -0.2) is 24.6 Å². The number of aryl methyl sites for hydroxylation is 2. The summed E-state index contributed by atoms with van der Waals surface area (Å²) in [5, 5.41) is 0. The number of para-hydroxylation sites is 1. The monoisotopic (exact) mass is 349 g/mol. The Kier molecular flexibility index (Phi) is 5.43. The molecule has 0 aliphatic carbocycles. The Bertz CT molecular complexity index is 832. The Morgan fingerprint density at radius 2 is 1.83 bits per heavy atom. The van der Waals surface area contributed by atoms with E-state index in [1.165, 1.54) is 11.8 Å². The highest BCUT2D eigenvalue weighted by atomic mass is 32.3. The molecule has 0 spiro atoms. The molecule has 1 heterocycles. The third kappa shape index (κ3) is 4.11. The Morgan fingerprint density at radius 1 is 1.17 bits per heavy atom. The molecular weight excluding hydrogens is 330 g/mol. The fourth-order valence-electron chi connectivity index (χ4n) is 2.23. The second kappa shape index (κ2) is 7.14. The highest BCUT2D eigenvalue weighted by Crippen LogP contribution is 2.31. The predicted molar refractivity (Wildman–Crippen MR) is 96.6 cm³/mol. The number of aromatic nitrogens is 2. The first kappa shape index (κ1) is 17.5. The van der Waals surface area contributed by atoms with Gasteiger partial charge in [0.05, 0.1) is 0 Å². The third-order valence-electron chi connectivity index (χ3n) is 3.27. The first-order valence-electron chi connectivity index (χ1n) is 6.98. The molecule has 0 aliphatic rings. The molecule has 0 bridgehead atoms. The van der Waals surface area contributed by atoms with E-state index in [-0.39, 0.29) is 4.24 Å². The average molecular weight is 349 g/mol. The highest BCUT2D eigenvalue weighted by molar-refractivity contribution is 8.19. The number of nitrogens with one attached hydrogen (secondary N) is 1. The van der Waals surface area contributed by atoms with Gasteiger partial charge in [0.1, 0.15) is 10.1 Å². The molecule has 0 fully saturated rings. The molecule has 0 radical (unpaired) electrons. The van der Waals surface area contributed by atoms with E-state index in [2.05, 4.69) is 14.7 Å². The molecule has 5 nitrogen and oxygen atoms in total. The molecule has 0 saturated heterocycles. The summed E-state index contributed by atoms with van der Waals surface area (Å²) in [7, 11) is -3.66. The van der Waals surface area contributed by atoms with Gasteiger partial charge < -0.3 is 0 Å². The number of hydrogen-bond donors (Lipinski definition) is 1. The summed E-state index contributed by atoms with van der Waals surface area (Å²) < 4.78 is 28.3. The van der Waals surface area contributed by atoms with Crippen molar-refractivity contribution >= 4 is 33.0 Å².